The Morgan fingerprint density at radius 3 is 2.47 bits per heavy atom. The molecule has 0 radical (unpaired) electrons. The van der Waals surface area contributed by atoms with E-state index in [0.717, 1.165) is 11.3 Å². The number of hydrogen-bond acceptors (Lipinski definition) is 6. The van der Waals surface area contributed by atoms with Crippen molar-refractivity contribution in [2.24, 2.45) is 0 Å². The summed E-state index contributed by atoms with van der Waals surface area (Å²) in [6.07, 6.45) is 0.648. The standard InChI is InChI=1S/C25H33FN2O4/c1-19-5-7-22(8-6-19)32-18-25(31)17-27(12-9-23(25)29)16-24(30)10-13-28(14-11-24)21-4-2-3-20(26)15-21/h2-8,15,23,29-31H,9-14,16-18H2,1H3/t23-,25-/m0/s1. The molecular weight excluding hydrogens is 411 g/mol. The lowest BCUT2D eigenvalue weighted by Gasteiger charge is -2.46. The molecule has 2 fully saturated rings. The van der Waals surface area contributed by atoms with Gasteiger partial charge in [0.25, 0.3) is 0 Å². The van der Waals surface area contributed by atoms with Crippen molar-refractivity contribution in [2.75, 3.05) is 44.2 Å². The number of hydrogen-bond donors (Lipinski definition) is 3. The topological polar surface area (TPSA) is 76.4 Å². The smallest absolute Gasteiger partial charge is 0.137 e. The lowest BCUT2D eigenvalue weighted by atomic mass is 9.86. The zero-order chi connectivity index (χ0) is 22.8. The van der Waals surface area contributed by atoms with Gasteiger partial charge in [-0.2, -0.15) is 0 Å². The lowest BCUT2D eigenvalue weighted by Crippen LogP contribution is -2.62. The molecule has 0 aliphatic carbocycles. The number of rotatable bonds is 6. The first kappa shape index (κ1) is 23.0. The number of ether oxygens (including phenoxy) is 1. The highest BCUT2D eigenvalue weighted by Gasteiger charge is 2.44. The molecule has 2 atom stereocenters. The van der Waals surface area contributed by atoms with Gasteiger partial charge in [-0.3, -0.25) is 4.90 Å². The average Bonchev–Trinajstić information content (AvgIpc) is 2.76. The number of β-amino-alcohol motifs (C(OH)–C–C–N with tert-alkyl or cyclic N) is 2. The number of anilines is 1. The van der Waals surface area contributed by atoms with Gasteiger partial charge in [0.05, 0.1) is 11.7 Å². The molecule has 2 saturated heterocycles. The Labute approximate surface area is 188 Å². The first-order valence-electron chi connectivity index (χ1n) is 11.3. The van der Waals surface area contributed by atoms with E-state index in [9.17, 15) is 19.7 Å². The minimum atomic E-state index is -1.40. The molecule has 2 aromatic carbocycles. The Kier molecular flexibility index (Phi) is 6.72. The molecule has 2 aliphatic rings. The van der Waals surface area contributed by atoms with Crippen LogP contribution in [-0.4, -0.2) is 76.9 Å². The Hall–Kier alpha value is -2.19. The van der Waals surface area contributed by atoms with Crippen molar-refractivity contribution in [1.29, 1.82) is 0 Å². The van der Waals surface area contributed by atoms with Gasteiger partial charge in [0.15, 0.2) is 0 Å². The summed E-state index contributed by atoms with van der Waals surface area (Å²) in [6.45, 7) is 4.50. The molecular formula is C25H33FN2O4. The van der Waals surface area contributed by atoms with Gasteiger partial charge in [0, 0.05) is 38.4 Å². The SMILES string of the molecule is Cc1ccc(OC[C@@]2(O)CN(CC3(O)CCN(c4cccc(F)c4)CC3)CC[C@@H]2O)cc1. The second-order valence-electron chi connectivity index (χ2n) is 9.41. The van der Waals surface area contributed by atoms with Crippen LogP contribution in [0, 0.1) is 12.7 Å². The van der Waals surface area contributed by atoms with E-state index < -0.39 is 17.3 Å². The predicted molar refractivity (Wildman–Crippen MR) is 121 cm³/mol. The fraction of sp³-hybridized carbons (Fsp3) is 0.520. The summed E-state index contributed by atoms with van der Waals surface area (Å²) in [5.74, 6) is 0.388. The number of halogens is 1. The van der Waals surface area contributed by atoms with Crippen LogP contribution in [0.25, 0.3) is 0 Å². The Bertz CT molecular complexity index is 901. The molecule has 3 N–H and O–H groups in total. The summed E-state index contributed by atoms with van der Waals surface area (Å²) in [6, 6.07) is 14.1. The van der Waals surface area contributed by atoms with Crippen molar-refractivity contribution in [3.63, 3.8) is 0 Å². The summed E-state index contributed by atoms with van der Waals surface area (Å²) in [7, 11) is 0. The molecule has 6 nitrogen and oxygen atoms in total. The molecule has 2 aromatic rings. The number of aliphatic hydroxyl groups excluding tert-OH is 1. The summed E-state index contributed by atoms with van der Waals surface area (Å²) in [4.78, 5) is 4.10. The molecule has 7 heteroatoms. The highest BCUT2D eigenvalue weighted by molar-refractivity contribution is 5.47. The van der Waals surface area contributed by atoms with Gasteiger partial charge in [-0.1, -0.05) is 23.8 Å². The Morgan fingerprint density at radius 1 is 1.06 bits per heavy atom. The second kappa shape index (κ2) is 9.35. The largest absolute Gasteiger partial charge is 0.490 e. The predicted octanol–water partition coefficient (Wildman–Crippen LogP) is 2.34. The zero-order valence-electron chi connectivity index (χ0n) is 18.6. The van der Waals surface area contributed by atoms with E-state index in [1.54, 1.807) is 6.07 Å². The molecule has 2 heterocycles. The molecule has 0 aromatic heterocycles. The van der Waals surface area contributed by atoms with Crippen LogP contribution >= 0.6 is 0 Å². The lowest BCUT2D eigenvalue weighted by molar-refractivity contribution is -0.149. The van der Waals surface area contributed by atoms with Gasteiger partial charge in [0.1, 0.15) is 23.8 Å². The molecule has 0 spiro atoms. The summed E-state index contributed by atoms with van der Waals surface area (Å²) < 4.78 is 19.3. The molecule has 0 unspecified atom stereocenters. The van der Waals surface area contributed by atoms with Crippen LogP contribution in [-0.2, 0) is 0 Å². The molecule has 2 aliphatic heterocycles. The minimum Gasteiger partial charge on any atom is -0.490 e. The Balaban J connectivity index is 1.33. The van der Waals surface area contributed by atoms with Crippen LogP contribution in [0.2, 0.25) is 0 Å². The van der Waals surface area contributed by atoms with Crippen LogP contribution in [0.5, 0.6) is 5.75 Å². The molecule has 4 rings (SSSR count). The molecule has 174 valence electrons. The summed E-state index contributed by atoms with van der Waals surface area (Å²) in [5.41, 5.74) is -0.334. The maximum Gasteiger partial charge on any atom is 0.137 e. The van der Waals surface area contributed by atoms with Crippen LogP contribution in [0.1, 0.15) is 24.8 Å². The van der Waals surface area contributed by atoms with Gasteiger partial charge >= 0.3 is 0 Å². The van der Waals surface area contributed by atoms with Crippen LogP contribution in [0.3, 0.4) is 0 Å². The average molecular weight is 445 g/mol. The van der Waals surface area contributed by atoms with Crippen molar-refractivity contribution in [3.05, 3.63) is 59.9 Å². The number of nitrogens with zero attached hydrogens (tertiary/aromatic N) is 2. The van der Waals surface area contributed by atoms with Crippen molar-refractivity contribution < 1.29 is 24.4 Å². The van der Waals surface area contributed by atoms with Crippen LogP contribution in [0.4, 0.5) is 10.1 Å². The molecule has 32 heavy (non-hydrogen) atoms. The normalized spacial score (nSPS) is 26.2. The molecule has 0 bridgehead atoms. The van der Waals surface area contributed by atoms with Gasteiger partial charge in [-0.25, -0.2) is 4.39 Å². The fourth-order valence-corrected chi connectivity index (χ4v) is 4.69. The number of piperidine rings is 2. The first-order valence-corrected chi connectivity index (χ1v) is 11.3. The third-order valence-electron chi connectivity index (χ3n) is 6.73. The van der Waals surface area contributed by atoms with E-state index in [-0.39, 0.29) is 19.0 Å². The highest BCUT2D eigenvalue weighted by Crippen LogP contribution is 2.30. The van der Waals surface area contributed by atoms with E-state index in [1.807, 2.05) is 42.2 Å². The van der Waals surface area contributed by atoms with E-state index >= 15 is 0 Å². The second-order valence-corrected chi connectivity index (χ2v) is 9.41. The molecule has 0 amide bonds. The number of aliphatic hydroxyl groups is 3. The van der Waals surface area contributed by atoms with Gasteiger partial charge < -0.3 is 25.0 Å². The number of benzene rings is 2. The van der Waals surface area contributed by atoms with Crippen LogP contribution in [0.15, 0.2) is 48.5 Å². The third kappa shape index (κ3) is 5.41. The van der Waals surface area contributed by atoms with Crippen molar-refractivity contribution in [3.8, 4) is 5.75 Å². The van der Waals surface area contributed by atoms with E-state index in [2.05, 4.69) is 4.90 Å². The highest BCUT2D eigenvalue weighted by atomic mass is 19.1. The summed E-state index contributed by atoms with van der Waals surface area (Å²) in [5, 5.41) is 32.8. The van der Waals surface area contributed by atoms with Gasteiger partial charge in [-0.15, -0.1) is 0 Å². The van der Waals surface area contributed by atoms with Crippen molar-refractivity contribution in [1.82, 2.24) is 4.90 Å². The number of aryl methyl sites for hydroxylation is 1. The summed E-state index contributed by atoms with van der Waals surface area (Å²) >= 11 is 0. The fourth-order valence-electron chi connectivity index (χ4n) is 4.69. The third-order valence-corrected chi connectivity index (χ3v) is 6.73. The van der Waals surface area contributed by atoms with Gasteiger partial charge in [-0.05, 0) is 56.5 Å². The van der Waals surface area contributed by atoms with E-state index in [4.69, 9.17) is 4.74 Å². The quantitative estimate of drug-likeness (QED) is 0.635. The monoisotopic (exact) mass is 444 g/mol. The Morgan fingerprint density at radius 2 is 1.78 bits per heavy atom. The van der Waals surface area contributed by atoms with E-state index in [0.29, 0.717) is 51.2 Å². The number of likely N-dealkylation sites (tertiary alicyclic amines) is 1. The van der Waals surface area contributed by atoms with Crippen molar-refractivity contribution >= 4 is 5.69 Å². The van der Waals surface area contributed by atoms with Gasteiger partial charge in [0.2, 0.25) is 0 Å². The maximum absolute atomic E-state index is 13.5. The minimum absolute atomic E-state index is 0.0144. The first-order chi connectivity index (χ1) is 15.2. The van der Waals surface area contributed by atoms with Crippen LogP contribution < -0.4 is 9.64 Å². The molecule has 0 saturated carbocycles. The zero-order valence-corrected chi connectivity index (χ0v) is 18.6. The maximum atomic E-state index is 13.5. The van der Waals surface area contributed by atoms with E-state index in [1.165, 1.54) is 12.1 Å². The van der Waals surface area contributed by atoms with Crippen molar-refractivity contribution in [2.45, 2.75) is 43.5 Å².